The second-order valence-electron chi connectivity index (χ2n) is 5.07. The summed E-state index contributed by atoms with van der Waals surface area (Å²) in [5.41, 5.74) is 9.84. The first kappa shape index (κ1) is 14.9. The number of hydrogen-bond donors (Lipinski definition) is 1. The van der Waals surface area contributed by atoms with E-state index in [1.165, 1.54) is 7.11 Å². The van der Waals surface area contributed by atoms with Crippen molar-refractivity contribution in [1.29, 1.82) is 0 Å². The van der Waals surface area contributed by atoms with Crippen LogP contribution >= 0.6 is 0 Å². The van der Waals surface area contributed by atoms with Crippen molar-refractivity contribution in [3.63, 3.8) is 0 Å². The summed E-state index contributed by atoms with van der Waals surface area (Å²) < 4.78 is 10.4. The van der Waals surface area contributed by atoms with Gasteiger partial charge in [0.15, 0.2) is 0 Å². The van der Waals surface area contributed by atoms with Gasteiger partial charge in [0.25, 0.3) is 0 Å². The van der Waals surface area contributed by atoms with Crippen molar-refractivity contribution in [2.75, 3.05) is 12.8 Å². The topological polar surface area (TPSA) is 61.5 Å². The molecule has 0 aliphatic carbocycles. The molecule has 0 atom stereocenters. The normalized spacial score (nSPS) is 10.2. The van der Waals surface area contributed by atoms with Crippen LogP contribution in [-0.4, -0.2) is 13.1 Å². The molecule has 2 N–H and O–H groups in total. The van der Waals surface area contributed by atoms with Crippen molar-refractivity contribution in [1.82, 2.24) is 0 Å². The van der Waals surface area contributed by atoms with Crippen LogP contribution in [0.1, 0.15) is 27.0 Å². The van der Waals surface area contributed by atoms with E-state index in [1.54, 1.807) is 18.2 Å². The molecular weight excluding hydrogens is 266 g/mol. The summed E-state index contributed by atoms with van der Waals surface area (Å²) in [6.45, 7) is 4.26. The van der Waals surface area contributed by atoms with E-state index in [-0.39, 0.29) is 6.61 Å². The zero-order valence-corrected chi connectivity index (χ0v) is 12.5. The molecule has 0 aliphatic rings. The van der Waals surface area contributed by atoms with Crippen LogP contribution in [-0.2, 0) is 11.3 Å². The number of nitrogens with two attached hydrogens (primary N) is 1. The minimum Gasteiger partial charge on any atom is -0.497 e. The highest BCUT2D eigenvalue weighted by molar-refractivity contribution is 5.91. The van der Waals surface area contributed by atoms with Crippen molar-refractivity contribution in [2.24, 2.45) is 0 Å². The number of ether oxygens (including phenoxy) is 2. The highest BCUT2D eigenvalue weighted by Gasteiger charge is 2.10. The van der Waals surface area contributed by atoms with E-state index in [1.807, 2.05) is 26.0 Å². The molecule has 0 amide bonds. The molecule has 2 aromatic carbocycles. The van der Waals surface area contributed by atoms with E-state index < -0.39 is 5.97 Å². The van der Waals surface area contributed by atoms with Gasteiger partial charge in [-0.3, -0.25) is 0 Å². The lowest BCUT2D eigenvalue weighted by Gasteiger charge is -2.09. The predicted octanol–water partition coefficient (Wildman–Crippen LogP) is 3.25. The van der Waals surface area contributed by atoms with Crippen LogP contribution in [0.4, 0.5) is 5.69 Å². The second-order valence-corrected chi connectivity index (χ2v) is 5.07. The molecule has 4 heteroatoms. The number of nitrogen functional groups attached to an aromatic ring is 1. The quantitative estimate of drug-likeness (QED) is 0.692. The van der Waals surface area contributed by atoms with Crippen molar-refractivity contribution in [2.45, 2.75) is 20.5 Å². The highest BCUT2D eigenvalue weighted by atomic mass is 16.5. The third kappa shape index (κ3) is 3.99. The van der Waals surface area contributed by atoms with Gasteiger partial charge >= 0.3 is 5.97 Å². The average Bonchev–Trinajstić information content (AvgIpc) is 2.43. The lowest BCUT2D eigenvalue weighted by atomic mass is 10.1. The molecule has 2 rings (SSSR count). The number of carbonyl (C=O) groups excluding carboxylic acids is 1. The largest absolute Gasteiger partial charge is 0.497 e. The van der Waals surface area contributed by atoms with Crippen LogP contribution in [0.25, 0.3) is 0 Å². The maximum Gasteiger partial charge on any atom is 0.338 e. The van der Waals surface area contributed by atoms with Gasteiger partial charge in [0, 0.05) is 11.8 Å². The molecular formula is C17H19NO3. The van der Waals surface area contributed by atoms with Gasteiger partial charge in [-0.05, 0) is 31.5 Å². The van der Waals surface area contributed by atoms with Crippen LogP contribution in [0.5, 0.6) is 5.75 Å². The molecule has 110 valence electrons. The monoisotopic (exact) mass is 285 g/mol. The Kier molecular flexibility index (Phi) is 4.48. The number of anilines is 1. The molecule has 0 unspecified atom stereocenters. The molecule has 21 heavy (non-hydrogen) atoms. The first-order chi connectivity index (χ1) is 9.97. The molecule has 0 heterocycles. The first-order valence-electron chi connectivity index (χ1n) is 6.67. The maximum atomic E-state index is 12.1. The number of rotatable bonds is 4. The number of aryl methyl sites for hydroxylation is 2. The minimum absolute atomic E-state index is 0.235. The fourth-order valence-corrected chi connectivity index (χ4v) is 2.24. The molecule has 0 aliphatic heterocycles. The zero-order valence-electron chi connectivity index (χ0n) is 12.5. The van der Waals surface area contributed by atoms with Gasteiger partial charge in [0.2, 0.25) is 0 Å². The smallest absolute Gasteiger partial charge is 0.338 e. The summed E-state index contributed by atoms with van der Waals surface area (Å²) in [6, 6.07) is 10.9. The molecule has 0 spiro atoms. The van der Waals surface area contributed by atoms with Crippen LogP contribution < -0.4 is 10.5 Å². The predicted molar refractivity (Wildman–Crippen MR) is 82.4 cm³/mol. The van der Waals surface area contributed by atoms with Gasteiger partial charge in [-0.2, -0.15) is 0 Å². The molecule has 0 radical (unpaired) electrons. The summed E-state index contributed by atoms with van der Waals surface area (Å²) in [6.07, 6.45) is 0. The number of methoxy groups -OCH3 is 1. The Bertz CT molecular complexity index is 645. The summed E-state index contributed by atoms with van der Waals surface area (Å²) in [7, 11) is 1.53. The molecule has 0 saturated heterocycles. The van der Waals surface area contributed by atoms with Crippen molar-refractivity contribution >= 4 is 11.7 Å². The lowest BCUT2D eigenvalue weighted by Crippen LogP contribution is -2.06. The van der Waals surface area contributed by atoms with Crippen LogP contribution in [0.15, 0.2) is 36.4 Å². The van der Waals surface area contributed by atoms with Crippen LogP contribution in [0, 0.1) is 13.8 Å². The van der Waals surface area contributed by atoms with Crippen LogP contribution in [0.2, 0.25) is 0 Å². The molecule has 0 bridgehead atoms. The Labute approximate surface area is 124 Å². The first-order valence-corrected chi connectivity index (χ1v) is 6.67. The Hall–Kier alpha value is -2.49. The van der Waals surface area contributed by atoms with E-state index in [9.17, 15) is 4.79 Å². The average molecular weight is 285 g/mol. The third-order valence-electron chi connectivity index (χ3n) is 3.05. The fourth-order valence-electron chi connectivity index (χ4n) is 2.24. The van der Waals surface area contributed by atoms with Gasteiger partial charge in [0.1, 0.15) is 12.4 Å². The van der Waals surface area contributed by atoms with Crippen molar-refractivity contribution in [3.8, 4) is 5.75 Å². The van der Waals surface area contributed by atoms with Gasteiger partial charge in [-0.25, -0.2) is 4.79 Å². The molecule has 0 saturated carbocycles. The molecule has 4 nitrogen and oxygen atoms in total. The Morgan fingerprint density at radius 2 is 1.71 bits per heavy atom. The van der Waals surface area contributed by atoms with Gasteiger partial charge < -0.3 is 15.2 Å². The Balaban J connectivity index is 2.09. The van der Waals surface area contributed by atoms with E-state index in [2.05, 4.69) is 6.07 Å². The molecule has 0 aromatic heterocycles. The van der Waals surface area contributed by atoms with E-state index in [0.717, 1.165) is 16.7 Å². The number of esters is 1. The molecule has 2 aromatic rings. The minimum atomic E-state index is -0.417. The lowest BCUT2D eigenvalue weighted by molar-refractivity contribution is 0.0472. The third-order valence-corrected chi connectivity index (χ3v) is 3.05. The summed E-state index contributed by atoms with van der Waals surface area (Å²) in [5, 5.41) is 0. The fraction of sp³-hybridized carbons (Fsp3) is 0.235. The van der Waals surface area contributed by atoms with Crippen molar-refractivity contribution in [3.05, 3.63) is 58.7 Å². The van der Waals surface area contributed by atoms with Crippen molar-refractivity contribution < 1.29 is 14.3 Å². The van der Waals surface area contributed by atoms with E-state index >= 15 is 0 Å². The van der Waals surface area contributed by atoms with Crippen LogP contribution in [0.3, 0.4) is 0 Å². The maximum absolute atomic E-state index is 12.1. The number of hydrogen-bond acceptors (Lipinski definition) is 4. The molecule has 0 fully saturated rings. The van der Waals surface area contributed by atoms with Gasteiger partial charge in [-0.15, -0.1) is 0 Å². The number of benzene rings is 2. The Morgan fingerprint density at radius 1 is 1.05 bits per heavy atom. The number of carbonyl (C=O) groups is 1. The second kappa shape index (κ2) is 6.31. The SMILES string of the molecule is COc1cc(N)cc(C(=O)OCc2cc(C)cc(C)c2)c1. The van der Waals surface area contributed by atoms with Gasteiger partial charge in [-0.1, -0.05) is 29.3 Å². The van der Waals surface area contributed by atoms with E-state index in [0.29, 0.717) is 17.0 Å². The zero-order chi connectivity index (χ0) is 15.4. The summed E-state index contributed by atoms with van der Waals surface area (Å²) in [5.74, 6) is 0.119. The summed E-state index contributed by atoms with van der Waals surface area (Å²) >= 11 is 0. The highest BCUT2D eigenvalue weighted by Crippen LogP contribution is 2.19. The standard InChI is InChI=1S/C17H19NO3/c1-11-4-12(2)6-13(5-11)10-21-17(19)14-7-15(18)9-16(8-14)20-3/h4-9H,10,18H2,1-3H3. The van der Waals surface area contributed by atoms with Gasteiger partial charge in [0.05, 0.1) is 12.7 Å². The van der Waals surface area contributed by atoms with E-state index in [4.69, 9.17) is 15.2 Å². The summed E-state index contributed by atoms with van der Waals surface area (Å²) in [4.78, 5) is 12.1. The Morgan fingerprint density at radius 3 is 2.33 bits per heavy atom.